The van der Waals surface area contributed by atoms with Gasteiger partial charge in [-0.25, -0.2) is 0 Å². The second-order valence-corrected chi connectivity index (χ2v) is 4.21. The monoisotopic (exact) mass is 219 g/mol. The van der Waals surface area contributed by atoms with Gasteiger partial charge < -0.3 is 10.6 Å². The molecule has 2 N–H and O–H groups in total. The fourth-order valence-corrected chi connectivity index (χ4v) is 2.05. The summed E-state index contributed by atoms with van der Waals surface area (Å²) in [6.07, 6.45) is 5.35. The molecule has 4 heteroatoms. The van der Waals surface area contributed by atoms with Gasteiger partial charge in [0.05, 0.1) is 0 Å². The van der Waals surface area contributed by atoms with E-state index in [1.54, 1.807) is 24.5 Å². The Labute approximate surface area is 95.5 Å². The van der Waals surface area contributed by atoms with E-state index < -0.39 is 0 Å². The van der Waals surface area contributed by atoms with Gasteiger partial charge >= 0.3 is 0 Å². The molecule has 0 spiro atoms. The van der Waals surface area contributed by atoms with Gasteiger partial charge in [-0.2, -0.15) is 0 Å². The summed E-state index contributed by atoms with van der Waals surface area (Å²) < 4.78 is 0. The molecule has 0 radical (unpaired) electrons. The summed E-state index contributed by atoms with van der Waals surface area (Å²) in [5, 5.41) is 0. The average molecular weight is 219 g/mol. The van der Waals surface area contributed by atoms with E-state index >= 15 is 0 Å². The van der Waals surface area contributed by atoms with Gasteiger partial charge in [0.2, 0.25) is 0 Å². The summed E-state index contributed by atoms with van der Waals surface area (Å²) in [5.74, 6) is 0.694. The molecule has 1 amide bonds. The highest BCUT2D eigenvalue weighted by Crippen LogP contribution is 2.17. The minimum absolute atomic E-state index is 0.109. The first-order valence-electron chi connectivity index (χ1n) is 5.70. The molecule has 0 aliphatic carbocycles. The second kappa shape index (κ2) is 5.07. The smallest absolute Gasteiger partial charge is 0.253 e. The number of hydrogen-bond donors (Lipinski definition) is 1. The van der Waals surface area contributed by atoms with Crippen LogP contribution in [0, 0.1) is 5.92 Å². The lowest BCUT2D eigenvalue weighted by Crippen LogP contribution is -2.40. The lowest BCUT2D eigenvalue weighted by atomic mass is 9.97. The third-order valence-corrected chi connectivity index (χ3v) is 3.16. The van der Waals surface area contributed by atoms with Gasteiger partial charge in [0.25, 0.3) is 5.91 Å². The highest BCUT2D eigenvalue weighted by molar-refractivity contribution is 5.94. The summed E-state index contributed by atoms with van der Waals surface area (Å²) in [5.41, 5.74) is 6.35. The standard InChI is InChI=1S/C12H17N3O/c13-9-10-3-7-15(8-4-10)12(16)11-1-5-14-6-2-11/h1-2,5-6,10H,3-4,7-9,13H2. The van der Waals surface area contributed by atoms with Crippen molar-refractivity contribution in [2.45, 2.75) is 12.8 Å². The molecule has 4 nitrogen and oxygen atoms in total. The quantitative estimate of drug-likeness (QED) is 0.803. The molecule has 0 saturated carbocycles. The van der Waals surface area contributed by atoms with Crippen LogP contribution in [0.4, 0.5) is 0 Å². The average Bonchev–Trinajstić information content (AvgIpc) is 2.39. The lowest BCUT2D eigenvalue weighted by Gasteiger charge is -2.31. The maximum absolute atomic E-state index is 12.1. The van der Waals surface area contributed by atoms with Crippen LogP contribution >= 0.6 is 0 Å². The molecule has 0 unspecified atom stereocenters. The molecular weight excluding hydrogens is 202 g/mol. The molecule has 1 aromatic heterocycles. The first kappa shape index (κ1) is 11.1. The molecule has 2 heterocycles. The molecule has 1 aromatic rings. The van der Waals surface area contributed by atoms with Crippen molar-refractivity contribution in [3.05, 3.63) is 30.1 Å². The van der Waals surface area contributed by atoms with Gasteiger partial charge in [-0.05, 0) is 37.4 Å². The predicted octanol–water partition coefficient (Wildman–Crippen LogP) is 0.892. The Morgan fingerprint density at radius 1 is 1.38 bits per heavy atom. The first-order valence-corrected chi connectivity index (χ1v) is 5.70. The fourth-order valence-electron chi connectivity index (χ4n) is 2.05. The summed E-state index contributed by atoms with van der Waals surface area (Å²) >= 11 is 0. The second-order valence-electron chi connectivity index (χ2n) is 4.21. The molecule has 1 fully saturated rings. The van der Waals surface area contributed by atoms with Crippen molar-refractivity contribution < 1.29 is 4.79 Å². The normalized spacial score (nSPS) is 17.4. The Morgan fingerprint density at radius 2 is 2.00 bits per heavy atom. The Morgan fingerprint density at radius 3 is 2.56 bits per heavy atom. The van der Waals surface area contributed by atoms with Crippen LogP contribution in [0.3, 0.4) is 0 Å². The number of nitrogens with zero attached hydrogens (tertiary/aromatic N) is 2. The van der Waals surface area contributed by atoms with Gasteiger partial charge in [-0.15, -0.1) is 0 Å². The number of amides is 1. The van der Waals surface area contributed by atoms with E-state index in [-0.39, 0.29) is 5.91 Å². The summed E-state index contributed by atoms with van der Waals surface area (Å²) in [4.78, 5) is 17.9. The number of likely N-dealkylation sites (tertiary alicyclic amines) is 1. The number of aromatic nitrogens is 1. The van der Waals surface area contributed by atoms with E-state index in [2.05, 4.69) is 4.98 Å². The zero-order valence-corrected chi connectivity index (χ0v) is 9.30. The van der Waals surface area contributed by atoms with E-state index in [0.717, 1.165) is 38.0 Å². The molecule has 1 aliphatic rings. The predicted molar refractivity (Wildman–Crippen MR) is 61.9 cm³/mol. The zero-order chi connectivity index (χ0) is 11.4. The van der Waals surface area contributed by atoms with Crippen LogP contribution in [0.1, 0.15) is 23.2 Å². The minimum atomic E-state index is 0.109. The first-order chi connectivity index (χ1) is 7.81. The van der Waals surface area contributed by atoms with Crippen molar-refractivity contribution in [1.29, 1.82) is 0 Å². The number of rotatable bonds is 2. The van der Waals surface area contributed by atoms with Gasteiger partial charge in [0, 0.05) is 31.0 Å². The fraction of sp³-hybridized carbons (Fsp3) is 0.500. The summed E-state index contributed by atoms with van der Waals surface area (Å²) in [7, 11) is 0. The molecule has 2 rings (SSSR count). The largest absolute Gasteiger partial charge is 0.339 e. The number of carbonyl (C=O) groups excluding carboxylic acids is 1. The molecule has 0 bridgehead atoms. The number of pyridine rings is 1. The number of carbonyl (C=O) groups is 1. The highest BCUT2D eigenvalue weighted by atomic mass is 16.2. The van der Waals surface area contributed by atoms with Crippen LogP contribution in [0.15, 0.2) is 24.5 Å². The molecule has 0 atom stereocenters. The Balaban J connectivity index is 1.97. The van der Waals surface area contributed by atoms with Crippen LogP contribution in [-0.2, 0) is 0 Å². The van der Waals surface area contributed by atoms with Gasteiger partial charge in [0.15, 0.2) is 0 Å². The summed E-state index contributed by atoms with van der Waals surface area (Å²) in [6, 6.07) is 3.52. The number of piperidine rings is 1. The molecule has 16 heavy (non-hydrogen) atoms. The van der Waals surface area contributed by atoms with Gasteiger partial charge in [-0.3, -0.25) is 9.78 Å². The highest BCUT2D eigenvalue weighted by Gasteiger charge is 2.22. The third kappa shape index (κ3) is 2.39. The third-order valence-electron chi connectivity index (χ3n) is 3.16. The van der Waals surface area contributed by atoms with E-state index in [0.29, 0.717) is 5.92 Å². The van der Waals surface area contributed by atoms with E-state index in [4.69, 9.17) is 5.73 Å². The van der Waals surface area contributed by atoms with Crippen molar-refractivity contribution >= 4 is 5.91 Å². The van der Waals surface area contributed by atoms with E-state index in [1.807, 2.05) is 4.90 Å². The van der Waals surface area contributed by atoms with Crippen molar-refractivity contribution in [1.82, 2.24) is 9.88 Å². The molecular formula is C12H17N3O. The molecule has 1 aliphatic heterocycles. The minimum Gasteiger partial charge on any atom is -0.339 e. The van der Waals surface area contributed by atoms with Crippen LogP contribution in [0.25, 0.3) is 0 Å². The SMILES string of the molecule is NCC1CCN(C(=O)c2ccncc2)CC1. The van der Waals surface area contributed by atoms with Crippen molar-refractivity contribution in [2.75, 3.05) is 19.6 Å². The van der Waals surface area contributed by atoms with Crippen LogP contribution < -0.4 is 5.73 Å². The van der Waals surface area contributed by atoms with Crippen LogP contribution in [-0.4, -0.2) is 35.4 Å². The molecule has 1 saturated heterocycles. The topological polar surface area (TPSA) is 59.2 Å². The maximum Gasteiger partial charge on any atom is 0.253 e. The van der Waals surface area contributed by atoms with Gasteiger partial charge in [-0.1, -0.05) is 0 Å². The van der Waals surface area contributed by atoms with Crippen molar-refractivity contribution in [3.63, 3.8) is 0 Å². The summed E-state index contributed by atoms with van der Waals surface area (Å²) in [6.45, 7) is 2.38. The molecule has 86 valence electrons. The van der Waals surface area contributed by atoms with E-state index in [9.17, 15) is 4.79 Å². The Hall–Kier alpha value is -1.42. The maximum atomic E-state index is 12.1. The molecule has 0 aromatic carbocycles. The van der Waals surface area contributed by atoms with Crippen molar-refractivity contribution in [2.24, 2.45) is 11.7 Å². The van der Waals surface area contributed by atoms with Gasteiger partial charge in [0.1, 0.15) is 0 Å². The number of hydrogen-bond acceptors (Lipinski definition) is 3. The zero-order valence-electron chi connectivity index (χ0n) is 9.30. The Bertz CT molecular complexity index is 345. The van der Waals surface area contributed by atoms with E-state index in [1.165, 1.54) is 0 Å². The van der Waals surface area contributed by atoms with Crippen LogP contribution in [0.5, 0.6) is 0 Å². The van der Waals surface area contributed by atoms with Crippen molar-refractivity contribution in [3.8, 4) is 0 Å². The van der Waals surface area contributed by atoms with Crippen LogP contribution in [0.2, 0.25) is 0 Å². The lowest BCUT2D eigenvalue weighted by molar-refractivity contribution is 0.0693. The Kier molecular flexibility index (Phi) is 3.51. The number of nitrogens with two attached hydrogens (primary N) is 1.